The maximum Gasteiger partial charge on any atom is 0.319 e. The first kappa shape index (κ1) is 18.3. The smallest absolute Gasteiger partial charge is 0.319 e. The van der Waals surface area contributed by atoms with Crippen LogP contribution >= 0.6 is 0 Å². The van der Waals surface area contributed by atoms with Gasteiger partial charge in [0.2, 0.25) is 0 Å². The van der Waals surface area contributed by atoms with Crippen LogP contribution in [0.3, 0.4) is 0 Å². The number of anilines is 1. The maximum atomic E-state index is 12.0. The van der Waals surface area contributed by atoms with Crippen LogP contribution in [0.5, 0.6) is 11.5 Å². The fourth-order valence-electron chi connectivity index (χ4n) is 2.18. The highest BCUT2D eigenvalue weighted by molar-refractivity contribution is 5.91. The molecule has 2 aromatic rings. The standard InChI is InChI=1S/C17H22N4O4/c1-4-12-9-16(22)21(11-19-12)8-7-18-17(23)20-14-6-5-13(24-2)10-15(14)25-3/h5-6,9-11H,4,7-8H2,1-3H3,(H2,18,20,23). The van der Waals surface area contributed by atoms with Crippen LogP contribution in [-0.4, -0.2) is 36.3 Å². The van der Waals surface area contributed by atoms with Crippen molar-refractivity contribution in [2.75, 3.05) is 26.1 Å². The largest absolute Gasteiger partial charge is 0.497 e. The van der Waals surface area contributed by atoms with Crippen molar-refractivity contribution < 1.29 is 14.3 Å². The highest BCUT2D eigenvalue weighted by Crippen LogP contribution is 2.28. The van der Waals surface area contributed by atoms with E-state index in [1.165, 1.54) is 24.1 Å². The SMILES string of the molecule is CCc1cc(=O)n(CCNC(=O)Nc2ccc(OC)cc2OC)cn1. The highest BCUT2D eigenvalue weighted by Gasteiger charge is 2.08. The van der Waals surface area contributed by atoms with Crippen molar-refractivity contribution in [3.63, 3.8) is 0 Å². The highest BCUT2D eigenvalue weighted by atomic mass is 16.5. The Hall–Kier alpha value is -3.03. The number of rotatable bonds is 7. The van der Waals surface area contributed by atoms with Crippen LogP contribution in [-0.2, 0) is 13.0 Å². The summed E-state index contributed by atoms with van der Waals surface area (Å²) in [5.41, 5.74) is 1.14. The van der Waals surface area contributed by atoms with Gasteiger partial charge in [-0.25, -0.2) is 9.78 Å². The molecule has 0 radical (unpaired) electrons. The average Bonchev–Trinajstić information content (AvgIpc) is 2.63. The molecule has 0 aliphatic heterocycles. The second-order valence-electron chi connectivity index (χ2n) is 5.21. The van der Waals surface area contributed by atoms with Gasteiger partial charge in [0.1, 0.15) is 11.5 Å². The monoisotopic (exact) mass is 346 g/mol. The zero-order valence-electron chi connectivity index (χ0n) is 14.5. The van der Waals surface area contributed by atoms with Crippen LogP contribution in [0.25, 0.3) is 0 Å². The third-order valence-electron chi connectivity index (χ3n) is 3.59. The van der Waals surface area contributed by atoms with Crippen molar-refractivity contribution in [1.82, 2.24) is 14.9 Å². The lowest BCUT2D eigenvalue weighted by atomic mass is 10.2. The molecule has 1 aromatic carbocycles. The Morgan fingerprint density at radius 2 is 2.04 bits per heavy atom. The normalized spacial score (nSPS) is 10.2. The number of urea groups is 1. The second-order valence-corrected chi connectivity index (χ2v) is 5.21. The molecule has 0 atom stereocenters. The van der Waals surface area contributed by atoms with E-state index in [0.29, 0.717) is 30.2 Å². The minimum Gasteiger partial charge on any atom is -0.497 e. The molecule has 134 valence electrons. The molecule has 0 aliphatic rings. The summed E-state index contributed by atoms with van der Waals surface area (Å²) in [7, 11) is 3.07. The third-order valence-corrected chi connectivity index (χ3v) is 3.59. The van der Waals surface area contributed by atoms with Gasteiger partial charge in [-0.3, -0.25) is 9.36 Å². The Morgan fingerprint density at radius 3 is 2.68 bits per heavy atom. The minimum atomic E-state index is -0.394. The molecule has 0 saturated carbocycles. The van der Waals surface area contributed by atoms with Crippen LogP contribution < -0.4 is 25.7 Å². The maximum absolute atomic E-state index is 12.0. The van der Waals surface area contributed by atoms with Gasteiger partial charge in [0.05, 0.1) is 26.2 Å². The number of nitrogens with one attached hydrogen (secondary N) is 2. The predicted molar refractivity (Wildman–Crippen MR) is 94.4 cm³/mol. The molecule has 2 rings (SSSR count). The average molecular weight is 346 g/mol. The number of amides is 2. The molecule has 1 aromatic heterocycles. The molecule has 0 unspecified atom stereocenters. The summed E-state index contributed by atoms with van der Waals surface area (Å²) < 4.78 is 11.8. The molecule has 0 aliphatic carbocycles. The molecule has 0 fully saturated rings. The van der Waals surface area contributed by atoms with E-state index >= 15 is 0 Å². The summed E-state index contributed by atoms with van der Waals surface area (Å²) in [6, 6.07) is 6.20. The summed E-state index contributed by atoms with van der Waals surface area (Å²) in [6.07, 6.45) is 2.20. The van der Waals surface area contributed by atoms with Crippen molar-refractivity contribution in [3.05, 3.63) is 46.6 Å². The summed E-state index contributed by atoms with van der Waals surface area (Å²) in [4.78, 5) is 28.0. The number of methoxy groups -OCH3 is 2. The van der Waals surface area contributed by atoms with E-state index in [2.05, 4.69) is 15.6 Å². The van der Waals surface area contributed by atoms with E-state index in [9.17, 15) is 9.59 Å². The van der Waals surface area contributed by atoms with Gasteiger partial charge in [-0.1, -0.05) is 6.92 Å². The van der Waals surface area contributed by atoms with Crippen molar-refractivity contribution in [1.29, 1.82) is 0 Å². The molecule has 0 bridgehead atoms. The van der Waals surface area contributed by atoms with Gasteiger partial charge in [0, 0.05) is 30.9 Å². The van der Waals surface area contributed by atoms with Crippen LogP contribution in [0, 0.1) is 0 Å². The Morgan fingerprint density at radius 1 is 1.24 bits per heavy atom. The fourth-order valence-corrected chi connectivity index (χ4v) is 2.18. The number of benzene rings is 1. The fraction of sp³-hybridized carbons (Fsp3) is 0.353. The van der Waals surface area contributed by atoms with Crippen LogP contribution in [0.15, 0.2) is 35.4 Å². The summed E-state index contributed by atoms with van der Waals surface area (Å²) >= 11 is 0. The minimum absolute atomic E-state index is 0.133. The summed E-state index contributed by atoms with van der Waals surface area (Å²) in [5, 5.41) is 5.39. The van der Waals surface area contributed by atoms with Gasteiger partial charge in [-0.2, -0.15) is 0 Å². The number of aryl methyl sites for hydroxylation is 1. The topological polar surface area (TPSA) is 94.5 Å². The number of carbonyl (C=O) groups excluding carboxylic acids is 1. The molecule has 8 nitrogen and oxygen atoms in total. The van der Waals surface area contributed by atoms with Crippen LogP contribution in [0.1, 0.15) is 12.6 Å². The lowest BCUT2D eigenvalue weighted by Crippen LogP contribution is -2.33. The third kappa shape index (κ3) is 4.97. The molecule has 0 saturated heterocycles. The molecule has 1 heterocycles. The van der Waals surface area contributed by atoms with Gasteiger partial charge < -0.3 is 20.1 Å². The number of ether oxygens (including phenoxy) is 2. The van der Waals surface area contributed by atoms with Crippen molar-refractivity contribution in [2.45, 2.75) is 19.9 Å². The number of aromatic nitrogens is 2. The number of hydrogen-bond acceptors (Lipinski definition) is 5. The summed E-state index contributed by atoms with van der Waals surface area (Å²) in [5.74, 6) is 1.12. The zero-order chi connectivity index (χ0) is 18.2. The Labute approximate surface area is 145 Å². The van der Waals surface area contributed by atoms with Gasteiger partial charge in [-0.15, -0.1) is 0 Å². The first-order chi connectivity index (χ1) is 12.1. The number of nitrogens with zero attached hydrogens (tertiary/aromatic N) is 2. The Kier molecular flexibility index (Phi) is 6.39. The van der Waals surface area contributed by atoms with Gasteiger partial charge in [0.15, 0.2) is 0 Å². The number of carbonyl (C=O) groups is 1. The van der Waals surface area contributed by atoms with E-state index in [0.717, 1.165) is 5.69 Å². The lowest BCUT2D eigenvalue weighted by molar-refractivity contribution is 0.251. The van der Waals surface area contributed by atoms with E-state index in [1.807, 2.05) is 6.92 Å². The molecular formula is C17H22N4O4. The van der Waals surface area contributed by atoms with E-state index < -0.39 is 6.03 Å². The van der Waals surface area contributed by atoms with Gasteiger partial charge in [0.25, 0.3) is 5.56 Å². The van der Waals surface area contributed by atoms with Gasteiger partial charge in [-0.05, 0) is 18.6 Å². The van der Waals surface area contributed by atoms with E-state index in [1.54, 1.807) is 25.3 Å². The molecule has 25 heavy (non-hydrogen) atoms. The Balaban J connectivity index is 1.90. The van der Waals surface area contributed by atoms with Crippen molar-refractivity contribution >= 4 is 11.7 Å². The first-order valence-electron chi connectivity index (χ1n) is 7.89. The second kappa shape index (κ2) is 8.72. The zero-order valence-corrected chi connectivity index (χ0v) is 14.5. The van der Waals surface area contributed by atoms with E-state index in [4.69, 9.17) is 9.47 Å². The predicted octanol–water partition coefficient (Wildman–Crippen LogP) is 1.64. The van der Waals surface area contributed by atoms with Gasteiger partial charge >= 0.3 is 6.03 Å². The summed E-state index contributed by atoms with van der Waals surface area (Å²) in [6.45, 7) is 2.56. The molecule has 0 spiro atoms. The molecule has 2 amide bonds. The quantitative estimate of drug-likeness (QED) is 0.795. The van der Waals surface area contributed by atoms with Crippen molar-refractivity contribution in [2.24, 2.45) is 0 Å². The Bertz CT molecular complexity index is 788. The van der Waals surface area contributed by atoms with Crippen LogP contribution in [0.2, 0.25) is 0 Å². The number of hydrogen-bond donors (Lipinski definition) is 2. The molecule has 8 heteroatoms. The molecule has 2 N–H and O–H groups in total. The lowest BCUT2D eigenvalue weighted by Gasteiger charge is -2.12. The molecular weight excluding hydrogens is 324 g/mol. The van der Waals surface area contributed by atoms with Crippen molar-refractivity contribution in [3.8, 4) is 11.5 Å². The van der Waals surface area contributed by atoms with Crippen LogP contribution in [0.4, 0.5) is 10.5 Å². The van der Waals surface area contributed by atoms with E-state index in [-0.39, 0.29) is 12.1 Å². The first-order valence-corrected chi connectivity index (χ1v) is 7.89.